The summed E-state index contributed by atoms with van der Waals surface area (Å²) in [4.78, 5) is 13.6. The summed E-state index contributed by atoms with van der Waals surface area (Å²) in [7, 11) is 0. The number of nitrogens with zero attached hydrogens (tertiary/aromatic N) is 2. The molecule has 0 radical (unpaired) electrons. The Bertz CT molecular complexity index is 536. The summed E-state index contributed by atoms with van der Waals surface area (Å²) >= 11 is 8.66. The van der Waals surface area contributed by atoms with Crippen molar-refractivity contribution in [1.29, 1.82) is 0 Å². The molecule has 2 aromatic rings. The predicted molar refractivity (Wildman–Crippen MR) is 74.5 cm³/mol. The number of thiophene rings is 1. The maximum absolute atomic E-state index is 11.9. The molecule has 4 nitrogen and oxygen atoms in total. The number of halogens is 1. The van der Waals surface area contributed by atoms with Crippen molar-refractivity contribution in [3.63, 3.8) is 0 Å². The van der Waals surface area contributed by atoms with Crippen LogP contribution >= 0.6 is 34.7 Å². The summed E-state index contributed by atoms with van der Waals surface area (Å²) in [6.45, 7) is 4.50. The van der Waals surface area contributed by atoms with Crippen molar-refractivity contribution in [1.82, 2.24) is 14.1 Å². The average molecular weight is 302 g/mol. The Morgan fingerprint density at radius 1 is 1.56 bits per heavy atom. The standard InChI is InChI=1S/C11H12ClN3OS2/c1-6(2)10-8(12)3-9(17-10)11(16)13-4-7-5-14-18-15-7/h3,5-6H,4H2,1-2H3,(H,13,16). The van der Waals surface area contributed by atoms with Gasteiger partial charge >= 0.3 is 0 Å². The maximum atomic E-state index is 11.9. The van der Waals surface area contributed by atoms with Gasteiger partial charge in [-0.05, 0) is 12.0 Å². The van der Waals surface area contributed by atoms with Gasteiger partial charge in [0.25, 0.3) is 5.91 Å². The minimum absolute atomic E-state index is 0.123. The van der Waals surface area contributed by atoms with Crippen LogP contribution in [0.5, 0.6) is 0 Å². The Morgan fingerprint density at radius 2 is 2.33 bits per heavy atom. The molecule has 0 bridgehead atoms. The van der Waals surface area contributed by atoms with Crippen molar-refractivity contribution in [3.8, 4) is 0 Å². The summed E-state index contributed by atoms with van der Waals surface area (Å²) in [6, 6.07) is 1.72. The van der Waals surface area contributed by atoms with Crippen molar-refractivity contribution in [2.45, 2.75) is 26.3 Å². The maximum Gasteiger partial charge on any atom is 0.261 e. The first-order valence-electron chi connectivity index (χ1n) is 5.41. The van der Waals surface area contributed by atoms with Crippen molar-refractivity contribution in [2.24, 2.45) is 0 Å². The van der Waals surface area contributed by atoms with Crippen LogP contribution in [-0.4, -0.2) is 14.7 Å². The third kappa shape index (κ3) is 3.07. The van der Waals surface area contributed by atoms with Crippen molar-refractivity contribution < 1.29 is 4.79 Å². The van der Waals surface area contributed by atoms with Crippen LogP contribution in [0.2, 0.25) is 5.02 Å². The number of aromatic nitrogens is 2. The van der Waals surface area contributed by atoms with E-state index in [2.05, 4.69) is 27.9 Å². The fourth-order valence-corrected chi connectivity index (χ4v) is 3.32. The molecule has 0 spiro atoms. The van der Waals surface area contributed by atoms with E-state index in [0.29, 0.717) is 22.4 Å². The third-order valence-corrected chi connectivity index (χ3v) is 4.67. The van der Waals surface area contributed by atoms with E-state index in [1.54, 1.807) is 12.3 Å². The highest BCUT2D eigenvalue weighted by Crippen LogP contribution is 2.32. The van der Waals surface area contributed by atoms with Gasteiger partial charge in [-0.15, -0.1) is 11.3 Å². The lowest BCUT2D eigenvalue weighted by Gasteiger charge is -2.01. The Labute approximate surface area is 118 Å². The zero-order chi connectivity index (χ0) is 13.1. The first kappa shape index (κ1) is 13.5. The Kier molecular flexibility index (Phi) is 4.31. The van der Waals surface area contributed by atoms with E-state index in [4.69, 9.17) is 11.6 Å². The number of rotatable bonds is 4. The molecule has 2 rings (SSSR count). The zero-order valence-corrected chi connectivity index (χ0v) is 12.3. The van der Waals surface area contributed by atoms with Gasteiger partial charge in [-0.1, -0.05) is 25.4 Å². The SMILES string of the molecule is CC(C)c1sc(C(=O)NCc2cnsn2)cc1Cl. The van der Waals surface area contributed by atoms with E-state index in [1.165, 1.54) is 11.3 Å². The lowest BCUT2D eigenvalue weighted by Crippen LogP contribution is -2.21. The molecule has 0 saturated carbocycles. The number of hydrogen-bond donors (Lipinski definition) is 1. The summed E-state index contributed by atoms with van der Waals surface area (Å²) in [5.74, 6) is 0.202. The molecule has 0 atom stereocenters. The molecule has 18 heavy (non-hydrogen) atoms. The van der Waals surface area contributed by atoms with Crippen LogP contribution in [0.1, 0.15) is 40.0 Å². The van der Waals surface area contributed by atoms with Gasteiger partial charge < -0.3 is 5.32 Å². The van der Waals surface area contributed by atoms with Gasteiger partial charge in [-0.3, -0.25) is 4.79 Å². The van der Waals surface area contributed by atoms with E-state index < -0.39 is 0 Å². The summed E-state index contributed by atoms with van der Waals surface area (Å²) in [6.07, 6.45) is 1.64. The Balaban J connectivity index is 2.03. The van der Waals surface area contributed by atoms with Crippen molar-refractivity contribution >= 4 is 40.6 Å². The quantitative estimate of drug-likeness (QED) is 0.942. The van der Waals surface area contributed by atoms with Crippen LogP contribution in [0.4, 0.5) is 0 Å². The van der Waals surface area contributed by atoms with Gasteiger partial charge in [0, 0.05) is 4.88 Å². The molecule has 7 heteroatoms. The molecule has 2 aromatic heterocycles. The highest BCUT2D eigenvalue weighted by atomic mass is 35.5. The van der Waals surface area contributed by atoms with E-state index >= 15 is 0 Å². The van der Waals surface area contributed by atoms with Crippen LogP contribution in [0.3, 0.4) is 0 Å². The van der Waals surface area contributed by atoms with Gasteiger partial charge in [0.1, 0.15) is 0 Å². The molecule has 0 fully saturated rings. The molecule has 1 amide bonds. The minimum atomic E-state index is -0.123. The lowest BCUT2D eigenvalue weighted by atomic mass is 10.2. The average Bonchev–Trinajstić information content (AvgIpc) is 2.94. The van der Waals surface area contributed by atoms with Crippen LogP contribution in [0.25, 0.3) is 0 Å². The highest BCUT2D eigenvalue weighted by molar-refractivity contribution is 7.14. The molecule has 0 saturated heterocycles. The fourth-order valence-electron chi connectivity index (χ4n) is 1.41. The van der Waals surface area contributed by atoms with Crippen LogP contribution in [0.15, 0.2) is 12.3 Å². The molecule has 0 aliphatic carbocycles. The third-order valence-electron chi connectivity index (χ3n) is 2.30. The summed E-state index contributed by atoms with van der Waals surface area (Å²) < 4.78 is 7.90. The molecule has 0 aliphatic heterocycles. The topological polar surface area (TPSA) is 54.9 Å². The molecule has 96 valence electrons. The first-order valence-corrected chi connectivity index (χ1v) is 7.34. The molecular weight excluding hydrogens is 290 g/mol. The molecule has 0 aliphatic rings. The normalized spacial score (nSPS) is 10.9. The second-order valence-electron chi connectivity index (χ2n) is 4.06. The molecule has 1 N–H and O–H groups in total. The number of amides is 1. The Morgan fingerprint density at radius 3 is 2.89 bits per heavy atom. The van der Waals surface area contributed by atoms with E-state index in [9.17, 15) is 4.79 Å². The number of hydrogen-bond acceptors (Lipinski definition) is 5. The number of carbonyl (C=O) groups excluding carboxylic acids is 1. The van der Waals surface area contributed by atoms with Gasteiger partial charge in [0.15, 0.2) is 0 Å². The summed E-state index contributed by atoms with van der Waals surface area (Å²) in [5.41, 5.74) is 0.764. The minimum Gasteiger partial charge on any atom is -0.346 e. The molecular formula is C11H12ClN3OS2. The van der Waals surface area contributed by atoms with Gasteiger partial charge in [0.05, 0.1) is 40.1 Å². The smallest absolute Gasteiger partial charge is 0.261 e. The Hall–Kier alpha value is -0.980. The van der Waals surface area contributed by atoms with Crippen LogP contribution < -0.4 is 5.32 Å². The largest absolute Gasteiger partial charge is 0.346 e. The second-order valence-corrected chi connectivity index (χ2v) is 6.11. The second kappa shape index (κ2) is 5.77. The van der Waals surface area contributed by atoms with Crippen LogP contribution in [-0.2, 0) is 6.54 Å². The van der Waals surface area contributed by atoms with Crippen molar-refractivity contribution in [2.75, 3.05) is 0 Å². The first-order chi connectivity index (χ1) is 8.58. The van der Waals surface area contributed by atoms with Gasteiger partial charge in [0.2, 0.25) is 0 Å². The highest BCUT2D eigenvalue weighted by Gasteiger charge is 2.15. The molecule has 0 aromatic carbocycles. The van der Waals surface area contributed by atoms with E-state index in [0.717, 1.165) is 22.3 Å². The zero-order valence-electron chi connectivity index (χ0n) is 9.94. The van der Waals surface area contributed by atoms with Crippen LogP contribution in [0, 0.1) is 0 Å². The lowest BCUT2D eigenvalue weighted by molar-refractivity contribution is 0.0954. The number of carbonyl (C=O) groups is 1. The molecule has 0 unspecified atom stereocenters. The monoisotopic (exact) mass is 301 g/mol. The summed E-state index contributed by atoms with van der Waals surface area (Å²) in [5, 5.41) is 3.46. The van der Waals surface area contributed by atoms with Gasteiger partial charge in [-0.2, -0.15) is 8.75 Å². The molecule has 2 heterocycles. The van der Waals surface area contributed by atoms with E-state index in [-0.39, 0.29) is 5.91 Å². The van der Waals surface area contributed by atoms with E-state index in [1.807, 2.05) is 0 Å². The predicted octanol–water partition coefficient (Wildman–Crippen LogP) is 3.31. The number of nitrogens with one attached hydrogen (secondary N) is 1. The van der Waals surface area contributed by atoms with Crippen molar-refractivity contribution in [3.05, 3.63) is 32.7 Å². The fraction of sp³-hybridized carbons (Fsp3) is 0.364. The van der Waals surface area contributed by atoms with Gasteiger partial charge in [-0.25, -0.2) is 0 Å².